The quantitative estimate of drug-likeness (QED) is 0.711. The number of rotatable bonds is 2. The molecule has 0 N–H and O–H groups in total. The normalized spacial score (nSPS) is 29.1. The van der Waals surface area contributed by atoms with Crippen molar-refractivity contribution >= 4 is 5.78 Å². The largest absolute Gasteiger partial charge is 0.300 e. The van der Waals surface area contributed by atoms with E-state index < -0.39 is 6.17 Å². The highest BCUT2D eigenvalue weighted by atomic mass is 19.1. The maximum absolute atomic E-state index is 14.3. The van der Waals surface area contributed by atoms with Gasteiger partial charge in [-0.3, -0.25) is 4.79 Å². The van der Waals surface area contributed by atoms with E-state index in [0.717, 1.165) is 5.56 Å². The van der Waals surface area contributed by atoms with Gasteiger partial charge in [0.15, 0.2) is 0 Å². The van der Waals surface area contributed by atoms with Gasteiger partial charge in [-0.1, -0.05) is 36.9 Å². The molecule has 0 radical (unpaired) electrons. The van der Waals surface area contributed by atoms with E-state index in [0.29, 0.717) is 18.4 Å². The number of hydrogen-bond donors (Lipinski definition) is 0. The predicted molar refractivity (Wildman–Crippen MR) is 66.6 cm³/mol. The van der Waals surface area contributed by atoms with E-state index >= 15 is 0 Å². The molecule has 0 heterocycles. The molecule has 0 amide bonds. The second kappa shape index (κ2) is 4.82. The van der Waals surface area contributed by atoms with E-state index in [2.05, 4.69) is 6.58 Å². The molecule has 0 unspecified atom stereocenters. The van der Waals surface area contributed by atoms with E-state index in [1.807, 2.05) is 30.3 Å². The number of halogens is 1. The Morgan fingerprint density at radius 2 is 2.00 bits per heavy atom. The van der Waals surface area contributed by atoms with Gasteiger partial charge in [0.1, 0.15) is 12.0 Å². The minimum atomic E-state index is -1.10. The highest BCUT2D eigenvalue weighted by Crippen LogP contribution is 2.42. The fourth-order valence-corrected chi connectivity index (χ4v) is 2.65. The van der Waals surface area contributed by atoms with Gasteiger partial charge in [-0.2, -0.15) is 0 Å². The van der Waals surface area contributed by atoms with Crippen molar-refractivity contribution in [3.8, 4) is 0 Å². The van der Waals surface area contributed by atoms with Gasteiger partial charge < -0.3 is 0 Å². The van der Waals surface area contributed by atoms with Crippen LogP contribution in [0.5, 0.6) is 0 Å². The van der Waals surface area contributed by atoms with Gasteiger partial charge in [0, 0.05) is 11.8 Å². The van der Waals surface area contributed by atoms with Crippen molar-refractivity contribution in [3.63, 3.8) is 0 Å². The number of hydrogen-bond acceptors (Lipinski definition) is 1. The number of carbonyl (C=O) groups is 1. The summed E-state index contributed by atoms with van der Waals surface area (Å²) in [5, 5.41) is 0. The van der Waals surface area contributed by atoms with Crippen molar-refractivity contribution in [3.05, 3.63) is 48.0 Å². The fourth-order valence-electron chi connectivity index (χ4n) is 2.65. The summed E-state index contributed by atoms with van der Waals surface area (Å²) in [5.74, 6) is -0.484. The van der Waals surface area contributed by atoms with Gasteiger partial charge in [0.2, 0.25) is 0 Å². The summed E-state index contributed by atoms with van der Waals surface area (Å²) in [6.45, 7) is 5.34. The summed E-state index contributed by atoms with van der Waals surface area (Å²) in [5.41, 5.74) is 1.53. The molecule has 0 saturated heterocycles. The summed E-state index contributed by atoms with van der Waals surface area (Å²) >= 11 is 0. The first-order valence-electron chi connectivity index (χ1n) is 5.98. The maximum Gasteiger partial charge on any atom is 0.133 e. The monoisotopic (exact) mass is 232 g/mol. The molecular formula is C15H17FO. The minimum absolute atomic E-state index is 0.0778. The van der Waals surface area contributed by atoms with Crippen molar-refractivity contribution in [2.45, 2.75) is 31.9 Å². The van der Waals surface area contributed by atoms with Gasteiger partial charge in [-0.05, 0) is 30.9 Å². The molecule has 1 aliphatic rings. The average Bonchev–Trinajstić information content (AvgIpc) is 2.33. The third-order valence-electron chi connectivity index (χ3n) is 3.62. The number of Topliss-reactive ketones (excluding diaryl/α,β-unsaturated/α-hetero) is 1. The Balaban J connectivity index is 2.37. The van der Waals surface area contributed by atoms with E-state index in [9.17, 15) is 9.18 Å². The van der Waals surface area contributed by atoms with Crippen LogP contribution in [0.15, 0.2) is 42.5 Å². The van der Waals surface area contributed by atoms with Crippen LogP contribution in [0.4, 0.5) is 4.39 Å². The molecule has 1 saturated carbocycles. The topological polar surface area (TPSA) is 17.1 Å². The van der Waals surface area contributed by atoms with E-state index in [1.54, 1.807) is 6.92 Å². The van der Waals surface area contributed by atoms with Crippen LogP contribution in [0.25, 0.3) is 0 Å². The van der Waals surface area contributed by atoms with Gasteiger partial charge in [0.25, 0.3) is 0 Å². The molecule has 0 aromatic heterocycles. The summed E-state index contributed by atoms with van der Waals surface area (Å²) in [6, 6.07) is 9.46. The Morgan fingerprint density at radius 3 is 2.59 bits per heavy atom. The van der Waals surface area contributed by atoms with Crippen LogP contribution < -0.4 is 0 Å². The Morgan fingerprint density at radius 1 is 1.35 bits per heavy atom. The van der Waals surface area contributed by atoms with Crippen LogP contribution in [-0.2, 0) is 4.79 Å². The van der Waals surface area contributed by atoms with Gasteiger partial charge >= 0.3 is 0 Å². The maximum atomic E-state index is 14.3. The Hall–Kier alpha value is -1.44. The molecule has 90 valence electrons. The summed E-state index contributed by atoms with van der Waals surface area (Å²) in [7, 11) is 0. The average molecular weight is 232 g/mol. The lowest BCUT2D eigenvalue weighted by Gasteiger charge is -2.34. The van der Waals surface area contributed by atoms with Crippen LogP contribution in [0.3, 0.4) is 0 Å². The van der Waals surface area contributed by atoms with E-state index in [4.69, 9.17) is 0 Å². The first-order valence-corrected chi connectivity index (χ1v) is 5.98. The van der Waals surface area contributed by atoms with Gasteiger partial charge in [0.05, 0.1) is 0 Å². The lowest BCUT2D eigenvalue weighted by molar-refractivity contribution is -0.122. The molecule has 17 heavy (non-hydrogen) atoms. The van der Waals surface area contributed by atoms with Crippen molar-refractivity contribution in [2.24, 2.45) is 5.92 Å². The lowest BCUT2D eigenvalue weighted by Crippen LogP contribution is -2.33. The molecule has 0 bridgehead atoms. The van der Waals surface area contributed by atoms with E-state index in [1.165, 1.54) is 0 Å². The van der Waals surface area contributed by atoms with Crippen LogP contribution in [-0.4, -0.2) is 12.0 Å². The molecule has 1 aromatic rings. The molecule has 2 rings (SSSR count). The molecule has 2 heteroatoms. The third kappa shape index (κ3) is 2.31. The number of carbonyl (C=O) groups excluding carboxylic acids is 1. The van der Waals surface area contributed by atoms with Crippen molar-refractivity contribution < 1.29 is 9.18 Å². The summed E-state index contributed by atoms with van der Waals surface area (Å²) < 4.78 is 14.3. The minimum Gasteiger partial charge on any atom is -0.300 e. The molecule has 1 fully saturated rings. The molecule has 0 aliphatic heterocycles. The molecule has 3 atom stereocenters. The van der Waals surface area contributed by atoms with Crippen molar-refractivity contribution in [2.75, 3.05) is 0 Å². The molecule has 1 nitrogen and oxygen atoms in total. The molecule has 0 spiro atoms. The molecule has 1 aliphatic carbocycles. The Bertz CT molecular complexity index is 424. The van der Waals surface area contributed by atoms with Crippen LogP contribution >= 0.6 is 0 Å². The molecular weight excluding hydrogens is 215 g/mol. The number of alkyl halides is 1. The van der Waals surface area contributed by atoms with Crippen molar-refractivity contribution in [1.29, 1.82) is 0 Å². The van der Waals surface area contributed by atoms with Gasteiger partial charge in [-0.15, -0.1) is 0 Å². The number of ketones is 1. The highest BCUT2D eigenvalue weighted by Gasteiger charge is 2.38. The standard InChI is InChI=1S/C15H17FO/c1-10-8-9-13(11(2)17)14(15(10)16)12-6-4-3-5-7-12/h3-7,13-15H,1,8-9H2,2H3/t13-,14+,15+/m0/s1. The zero-order valence-corrected chi connectivity index (χ0v) is 10.0. The highest BCUT2D eigenvalue weighted by molar-refractivity contribution is 5.80. The Kier molecular flexibility index (Phi) is 3.41. The zero-order chi connectivity index (χ0) is 12.4. The predicted octanol–water partition coefficient (Wildman–Crippen LogP) is 3.66. The second-order valence-electron chi connectivity index (χ2n) is 4.75. The second-order valence-corrected chi connectivity index (χ2v) is 4.75. The van der Waals surface area contributed by atoms with Crippen LogP contribution in [0.2, 0.25) is 0 Å². The van der Waals surface area contributed by atoms with Crippen LogP contribution in [0, 0.1) is 5.92 Å². The van der Waals surface area contributed by atoms with E-state index in [-0.39, 0.29) is 17.6 Å². The Labute approximate surface area is 101 Å². The summed E-state index contributed by atoms with van der Waals surface area (Å²) in [6.07, 6.45) is 0.239. The van der Waals surface area contributed by atoms with Crippen LogP contribution in [0.1, 0.15) is 31.2 Å². The first-order chi connectivity index (χ1) is 8.11. The SMILES string of the molecule is C=C1CC[C@@H](C(C)=O)[C@@H](c2ccccc2)[C@@H]1F. The van der Waals surface area contributed by atoms with Gasteiger partial charge in [-0.25, -0.2) is 4.39 Å². The zero-order valence-electron chi connectivity index (χ0n) is 10.0. The summed E-state index contributed by atoms with van der Waals surface area (Å²) in [4.78, 5) is 11.6. The smallest absolute Gasteiger partial charge is 0.133 e. The first kappa shape index (κ1) is 12.0. The third-order valence-corrected chi connectivity index (χ3v) is 3.62. The number of benzene rings is 1. The number of allylic oxidation sites excluding steroid dienone is 1. The lowest BCUT2D eigenvalue weighted by atomic mass is 9.71. The molecule has 1 aromatic carbocycles. The van der Waals surface area contributed by atoms with Crippen molar-refractivity contribution in [1.82, 2.24) is 0 Å². The fraction of sp³-hybridized carbons (Fsp3) is 0.400.